The van der Waals surface area contributed by atoms with Crippen molar-refractivity contribution in [2.24, 2.45) is 0 Å². The molecular weight excluding hydrogens is 332 g/mol. The van der Waals surface area contributed by atoms with Gasteiger partial charge in [0.15, 0.2) is 0 Å². The summed E-state index contributed by atoms with van der Waals surface area (Å²) in [4.78, 5) is 28.3. The first-order valence-electron chi connectivity index (χ1n) is 8.25. The van der Waals surface area contributed by atoms with Gasteiger partial charge in [0.25, 0.3) is 11.7 Å². The second kappa shape index (κ2) is 7.31. The van der Waals surface area contributed by atoms with E-state index in [0.717, 1.165) is 22.9 Å². The maximum Gasteiger partial charge on any atom is 0.296 e. The summed E-state index contributed by atoms with van der Waals surface area (Å²) in [6.45, 7) is 2.04. The molecule has 0 aliphatic carbocycles. The van der Waals surface area contributed by atoms with E-state index in [0.29, 0.717) is 22.7 Å². The monoisotopic (exact) mass is 352 g/mol. The number of para-hydroxylation sites is 1. The number of H-pyrrole nitrogens is 1. The van der Waals surface area contributed by atoms with Crippen LogP contribution >= 0.6 is 0 Å². The summed E-state index contributed by atoms with van der Waals surface area (Å²) in [6.07, 6.45) is 2.41. The summed E-state index contributed by atoms with van der Waals surface area (Å²) in [6, 6.07) is 10.7. The lowest BCUT2D eigenvalue weighted by atomic mass is 10.0. The summed E-state index contributed by atoms with van der Waals surface area (Å²) in [5.41, 5.74) is 2.69. The zero-order chi connectivity index (χ0) is 18.7. The maximum absolute atomic E-state index is 12.7. The summed E-state index contributed by atoms with van der Waals surface area (Å²) in [7, 11) is 3.01. The quantitative estimate of drug-likeness (QED) is 0.525. The third kappa shape index (κ3) is 3.13. The molecule has 0 bridgehead atoms. The molecule has 0 aliphatic rings. The van der Waals surface area contributed by atoms with Gasteiger partial charge in [-0.25, -0.2) is 0 Å². The molecule has 1 heterocycles. The highest BCUT2D eigenvalue weighted by atomic mass is 16.5. The normalized spacial score (nSPS) is 10.6. The van der Waals surface area contributed by atoms with E-state index in [4.69, 9.17) is 9.47 Å². The van der Waals surface area contributed by atoms with E-state index >= 15 is 0 Å². The molecule has 3 aromatic rings. The number of carbonyl (C=O) groups excluding carboxylic acids is 2. The highest BCUT2D eigenvalue weighted by molar-refractivity contribution is 6.48. The first-order chi connectivity index (χ1) is 12.6. The second-order valence-corrected chi connectivity index (χ2v) is 5.75. The summed E-state index contributed by atoms with van der Waals surface area (Å²) >= 11 is 0. The number of benzene rings is 2. The Bertz CT molecular complexity index is 975. The van der Waals surface area contributed by atoms with Gasteiger partial charge in [-0.2, -0.15) is 0 Å². The molecule has 2 N–H and O–H groups in total. The number of rotatable bonds is 6. The topological polar surface area (TPSA) is 80.4 Å². The number of hydrogen-bond donors (Lipinski definition) is 2. The van der Waals surface area contributed by atoms with Crippen molar-refractivity contribution in [3.63, 3.8) is 0 Å². The van der Waals surface area contributed by atoms with Gasteiger partial charge in [-0.15, -0.1) is 0 Å². The molecule has 0 radical (unpaired) electrons. The Kier molecular flexibility index (Phi) is 4.93. The Morgan fingerprint density at radius 1 is 1.12 bits per heavy atom. The molecule has 0 spiro atoms. The largest absolute Gasteiger partial charge is 0.497 e. The number of carbonyl (C=O) groups is 2. The van der Waals surface area contributed by atoms with Gasteiger partial charge < -0.3 is 19.8 Å². The molecule has 26 heavy (non-hydrogen) atoms. The van der Waals surface area contributed by atoms with E-state index < -0.39 is 11.7 Å². The van der Waals surface area contributed by atoms with Gasteiger partial charge in [-0.3, -0.25) is 9.59 Å². The predicted octanol–water partition coefficient (Wildman–Crippen LogP) is 3.57. The SMILES string of the molecule is CCc1cccc2c(C(=O)C(=O)Nc3cc(OC)ccc3OC)c[nH]c12. The van der Waals surface area contributed by atoms with Crippen molar-refractivity contribution in [1.82, 2.24) is 4.98 Å². The van der Waals surface area contributed by atoms with Crippen LogP contribution in [0.15, 0.2) is 42.6 Å². The number of aryl methyl sites for hydroxylation is 1. The highest BCUT2D eigenvalue weighted by Crippen LogP contribution is 2.29. The lowest BCUT2D eigenvalue weighted by Gasteiger charge is -2.11. The van der Waals surface area contributed by atoms with Crippen LogP contribution in [-0.2, 0) is 11.2 Å². The number of anilines is 1. The smallest absolute Gasteiger partial charge is 0.296 e. The van der Waals surface area contributed by atoms with E-state index in [2.05, 4.69) is 10.3 Å². The molecule has 0 saturated carbocycles. The van der Waals surface area contributed by atoms with Gasteiger partial charge in [0.2, 0.25) is 0 Å². The maximum atomic E-state index is 12.7. The van der Waals surface area contributed by atoms with Crippen LogP contribution < -0.4 is 14.8 Å². The minimum Gasteiger partial charge on any atom is -0.497 e. The van der Waals surface area contributed by atoms with E-state index in [9.17, 15) is 9.59 Å². The Balaban J connectivity index is 1.91. The van der Waals surface area contributed by atoms with Gasteiger partial charge in [0, 0.05) is 23.2 Å². The van der Waals surface area contributed by atoms with Crippen LogP contribution in [0.3, 0.4) is 0 Å². The molecule has 2 aromatic carbocycles. The molecule has 6 nitrogen and oxygen atoms in total. The number of aromatic amines is 1. The number of ketones is 1. The van der Waals surface area contributed by atoms with Crippen LogP contribution in [0, 0.1) is 0 Å². The van der Waals surface area contributed by atoms with Crippen LogP contribution in [-0.4, -0.2) is 30.9 Å². The van der Waals surface area contributed by atoms with Gasteiger partial charge in [-0.05, 0) is 24.1 Å². The number of ether oxygens (including phenoxy) is 2. The van der Waals surface area contributed by atoms with Gasteiger partial charge in [0.05, 0.1) is 25.5 Å². The molecule has 134 valence electrons. The molecule has 3 rings (SSSR count). The number of nitrogens with one attached hydrogen (secondary N) is 2. The predicted molar refractivity (Wildman–Crippen MR) is 100 cm³/mol. The molecule has 1 aromatic heterocycles. The average molecular weight is 352 g/mol. The third-order valence-electron chi connectivity index (χ3n) is 4.29. The van der Waals surface area contributed by atoms with Gasteiger partial charge in [0.1, 0.15) is 11.5 Å². The van der Waals surface area contributed by atoms with Crippen molar-refractivity contribution < 1.29 is 19.1 Å². The lowest BCUT2D eigenvalue weighted by molar-refractivity contribution is -0.112. The van der Waals surface area contributed by atoms with Crippen LogP contribution in [0.2, 0.25) is 0 Å². The van der Waals surface area contributed by atoms with Crippen LogP contribution in [0.4, 0.5) is 5.69 Å². The van der Waals surface area contributed by atoms with Gasteiger partial charge >= 0.3 is 0 Å². The van der Waals surface area contributed by atoms with E-state index in [-0.39, 0.29) is 0 Å². The fourth-order valence-electron chi connectivity index (χ4n) is 2.91. The first kappa shape index (κ1) is 17.5. The van der Waals surface area contributed by atoms with Crippen molar-refractivity contribution in [2.75, 3.05) is 19.5 Å². The van der Waals surface area contributed by atoms with Crippen LogP contribution in [0.1, 0.15) is 22.8 Å². The number of fused-ring (bicyclic) bond motifs is 1. The van der Waals surface area contributed by atoms with Crippen LogP contribution in [0.5, 0.6) is 11.5 Å². The molecule has 0 atom stereocenters. The third-order valence-corrected chi connectivity index (χ3v) is 4.29. The molecule has 0 unspecified atom stereocenters. The van der Waals surface area contributed by atoms with E-state index in [1.165, 1.54) is 14.2 Å². The number of Topliss-reactive ketones (excluding diaryl/α,β-unsaturated/α-hetero) is 1. The molecular formula is C20H20N2O4. The second-order valence-electron chi connectivity index (χ2n) is 5.75. The van der Waals surface area contributed by atoms with Crippen molar-refractivity contribution >= 4 is 28.3 Å². The van der Waals surface area contributed by atoms with Gasteiger partial charge in [-0.1, -0.05) is 25.1 Å². The van der Waals surface area contributed by atoms with Crippen molar-refractivity contribution in [3.05, 3.63) is 53.7 Å². The molecule has 0 saturated heterocycles. The number of amides is 1. The molecule has 0 fully saturated rings. The minimum atomic E-state index is -0.737. The Labute approximate surface area is 151 Å². The van der Waals surface area contributed by atoms with Crippen molar-refractivity contribution in [1.29, 1.82) is 0 Å². The summed E-state index contributed by atoms with van der Waals surface area (Å²) in [5.74, 6) is -0.360. The lowest BCUT2D eigenvalue weighted by Crippen LogP contribution is -2.23. The van der Waals surface area contributed by atoms with E-state index in [1.54, 1.807) is 24.4 Å². The highest BCUT2D eigenvalue weighted by Gasteiger charge is 2.22. The number of hydrogen-bond acceptors (Lipinski definition) is 4. The first-order valence-corrected chi connectivity index (χ1v) is 8.25. The zero-order valence-electron chi connectivity index (χ0n) is 14.9. The Morgan fingerprint density at radius 3 is 2.62 bits per heavy atom. The van der Waals surface area contributed by atoms with Crippen LogP contribution in [0.25, 0.3) is 10.9 Å². The minimum absolute atomic E-state index is 0.342. The number of methoxy groups -OCH3 is 2. The van der Waals surface area contributed by atoms with Crippen molar-refractivity contribution in [3.8, 4) is 11.5 Å². The Morgan fingerprint density at radius 2 is 1.92 bits per heavy atom. The number of aromatic nitrogens is 1. The fourth-order valence-corrected chi connectivity index (χ4v) is 2.91. The summed E-state index contributed by atoms with van der Waals surface area (Å²) < 4.78 is 10.4. The molecule has 6 heteroatoms. The molecule has 0 aliphatic heterocycles. The average Bonchev–Trinajstić information content (AvgIpc) is 3.11. The zero-order valence-corrected chi connectivity index (χ0v) is 14.9. The fraction of sp³-hybridized carbons (Fsp3) is 0.200. The standard InChI is InChI=1S/C20H20N2O4/c1-4-12-6-5-7-14-15(11-21-18(12)14)19(23)20(24)22-16-10-13(25-2)8-9-17(16)26-3/h5-11,21H,4H2,1-3H3,(H,22,24). The van der Waals surface area contributed by atoms with E-state index in [1.807, 2.05) is 25.1 Å². The summed E-state index contributed by atoms with van der Waals surface area (Å²) in [5, 5.41) is 3.35. The molecule has 1 amide bonds. The van der Waals surface area contributed by atoms with Crippen molar-refractivity contribution in [2.45, 2.75) is 13.3 Å². The Hall–Kier alpha value is -3.28.